The fraction of sp³-hybridized carbons (Fsp3) is 0.404. The zero-order chi connectivity index (χ0) is 45.7. The van der Waals surface area contributed by atoms with Crippen molar-refractivity contribution in [2.24, 2.45) is 5.41 Å². The van der Waals surface area contributed by atoms with Gasteiger partial charge in [-0.3, -0.25) is 19.8 Å². The first-order valence-electron chi connectivity index (χ1n) is 22.2. The molecule has 2 saturated heterocycles. The molecule has 17 nitrogen and oxygen atoms in total. The second kappa shape index (κ2) is 17.7. The normalized spacial score (nSPS) is 21.0. The molecule has 2 atom stereocenters. The molecule has 346 valence electrons. The van der Waals surface area contributed by atoms with Crippen LogP contribution in [0.15, 0.2) is 83.4 Å². The number of allylic oxidation sites excluding steroid dienone is 1. The predicted octanol–water partition coefficient (Wildman–Crippen LogP) is 7.15. The van der Waals surface area contributed by atoms with Crippen LogP contribution >= 0.6 is 11.6 Å². The van der Waals surface area contributed by atoms with E-state index in [0.29, 0.717) is 42.7 Å². The van der Waals surface area contributed by atoms with Crippen LogP contribution in [-0.4, -0.2) is 119 Å². The molecule has 66 heavy (non-hydrogen) atoms. The smallest absolute Gasteiger partial charge is 0.297 e. The number of H-pyrrole nitrogens is 1. The first-order chi connectivity index (χ1) is 31.8. The molecular formula is C47H51ClN8O9S. The third-order valence-electron chi connectivity index (χ3n) is 13.2. The van der Waals surface area contributed by atoms with Crippen molar-refractivity contribution in [1.29, 1.82) is 0 Å². The number of sulfonamides is 1. The number of amides is 1. The summed E-state index contributed by atoms with van der Waals surface area (Å²) in [4.78, 5) is 40.1. The molecule has 5 aliphatic rings. The predicted molar refractivity (Wildman–Crippen MR) is 251 cm³/mol. The Morgan fingerprint density at radius 1 is 0.970 bits per heavy atom. The lowest BCUT2D eigenvalue weighted by atomic mass is 9.72. The van der Waals surface area contributed by atoms with Crippen molar-refractivity contribution in [2.45, 2.75) is 50.2 Å². The van der Waals surface area contributed by atoms with Gasteiger partial charge in [-0.1, -0.05) is 43.2 Å². The van der Waals surface area contributed by atoms with E-state index in [9.17, 15) is 23.3 Å². The van der Waals surface area contributed by atoms with Crippen molar-refractivity contribution in [3.8, 4) is 11.6 Å². The molecule has 10 rings (SSSR count). The lowest BCUT2D eigenvalue weighted by Gasteiger charge is -2.39. The van der Waals surface area contributed by atoms with Crippen molar-refractivity contribution in [3.63, 3.8) is 0 Å². The maximum absolute atomic E-state index is 14.4. The number of hydrogen-bond donors (Lipinski definition) is 3. The van der Waals surface area contributed by atoms with Crippen LogP contribution in [0.1, 0.15) is 49.0 Å². The number of fused-ring (bicyclic) bond motifs is 3. The summed E-state index contributed by atoms with van der Waals surface area (Å²) in [6.45, 7) is 10.4. The quantitative estimate of drug-likeness (QED) is 0.0944. The number of aromatic nitrogens is 2. The average molecular weight is 939 g/mol. The van der Waals surface area contributed by atoms with E-state index in [0.717, 1.165) is 74.1 Å². The molecule has 1 amide bonds. The van der Waals surface area contributed by atoms with E-state index in [-0.39, 0.29) is 42.2 Å². The summed E-state index contributed by atoms with van der Waals surface area (Å²) < 4.78 is 53.6. The summed E-state index contributed by atoms with van der Waals surface area (Å²) >= 11 is 6.27. The zero-order valence-electron chi connectivity index (χ0n) is 36.7. The van der Waals surface area contributed by atoms with Crippen LogP contribution in [0.2, 0.25) is 5.02 Å². The molecule has 4 aliphatic heterocycles. The van der Waals surface area contributed by atoms with Crippen LogP contribution in [0.4, 0.5) is 28.4 Å². The zero-order valence-corrected chi connectivity index (χ0v) is 38.3. The number of rotatable bonds is 10. The van der Waals surface area contributed by atoms with Crippen LogP contribution in [0, 0.1) is 15.5 Å². The summed E-state index contributed by atoms with van der Waals surface area (Å²) in [7, 11) is -4.68. The Labute approximate surface area is 387 Å². The molecule has 1 aliphatic carbocycles. The molecule has 2 fully saturated rings. The number of pyridine rings is 1. The minimum Gasteiger partial charge on any atom is -0.489 e. The van der Waals surface area contributed by atoms with Crippen LogP contribution in [0.25, 0.3) is 16.6 Å². The van der Waals surface area contributed by atoms with Crippen molar-refractivity contribution in [1.82, 2.24) is 19.6 Å². The van der Waals surface area contributed by atoms with Crippen molar-refractivity contribution in [3.05, 3.63) is 105 Å². The third-order valence-corrected chi connectivity index (χ3v) is 14.8. The lowest BCUT2D eigenvalue weighted by Crippen LogP contribution is -2.47. The molecule has 5 aromatic rings. The lowest BCUT2D eigenvalue weighted by molar-refractivity contribution is -0.384. The highest BCUT2D eigenvalue weighted by atomic mass is 35.5. The number of piperazine rings is 1. The Bertz CT molecular complexity index is 2840. The maximum atomic E-state index is 14.4. The minimum atomic E-state index is -4.68. The van der Waals surface area contributed by atoms with Crippen molar-refractivity contribution < 1.29 is 37.1 Å². The Balaban J connectivity index is 0.926. The third kappa shape index (κ3) is 8.87. The van der Waals surface area contributed by atoms with Gasteiger partial charge in [0.1, 0.15) is 30.7 Å². The maximum Gasteiger partial charge on any atom is 0.297 e. The molecule has 0 spiro atoms. The fourth-order valence-corrected chi connectivity index (χ4v) is 10.7. The number of nitro groups is 1. The molecule has 3 aromatic carbocycles. The van der Waals surface area contributed by atoms with Gasteiger partial charge in [-0.25, -0.2) is 13.1 Å². The monoisotopic (exact) mass is 938 g/mol. The van der Waals surface area contributed by atoms with Gasteiger partial charge >= 0.3 is 0 Å². The standard InChI is InChI=1S/C47H51ClN8O9S/c1-47(2)11-9-31(36(25-47)29-3-5-32(48)6-4-29)26-53-13-15-54(16-14-53)33-7-8-35(38(22-33)55-17-18-64-46-40(55)21-30-10-12-49-44(30)51-46)45(57)52-66(60,61)34-23-39(56(58)59)43-41(24-34)65-27-37(50-43)42-28-62-19-20-63-42/h3-8,10,12,21-24,37,42,50H,9,11,13-20,25-28H2,1-2H3,(H,49,51)(H,52,57)/t37-,42+/m0/s1. The first kappa shape index (κ1) is 43.9. The number of nitro benzene ring substituents is 1. The van der Waals surface area contributed by atoms with E-state index < -0.39 is 43.6 Å². The van der Waals surface area contributed by atoms with Crippen LogP contribution in [-0.2, 0) is 19.5 Å². The van der Waals surface area contributed by atoms with Crippen molar-refractivity contribution >= 4 is 72.6 Å². The highest BCUT2D eigenvalue weighted by Crippen LogP contribution is 2.45. The Morgan fingerprint density at radius 2 is 1.79 bits per heavy atom. The minimum absolute atomic E-state index is 0.0170. The van der Waals surface area contributed by atoms with E-state index in [1.165, 1.54) is 22.8 Å². The first-order valence-corrected chi connectivity index (χ1v) is 24.1. The van der Waals surface area contributed by atoms with Gasteiger partial charge in [0, 0.05) is 67.1 Å². The van der Waals surface area contributed by atoms with E-state index in [2.05, 4.69) is 50.8 Å². The topological polar surface area (TPSA) is 194 Å². The largest absolute Gasteiger partial charge is 0.489 e. The number of aromatic amines is 1. The van der Waals surface area contributed by atoms with E-state index >= 15 is 0 Å². The summed E-state index contributed by atoms with van der Waals surface area (Å²) in [5.41, 5.74) is 6.47. The van der Waals surface area contributed by atoms with Gasteiger partial charge in [-0.15, -0.1) is 0 Å². The molecule has 3 N–H and O–H groups in total. The molecule has 2 aromatic heterocycles. The number of carbonyl (C=O) groups excluding carboxylic acids is 1. The number of nitrogens with one attached hydrogen (secondary N) is 3. The number of anilines is 4. The van der Waals surface area contributed by atoms with E-state index in [1.54, 1.807) is 12.3 Å². The fourth-order valence-electron chi connectivity index (χ4n) is 9.60. The second-order valence-electron chi connectivity index (χ2n) is 18.2. The summed E-state index contributed by atoms with van der Waals surface area (Å²) in [5, 5.41) is 17.0. The van der Waals surface area contributed by atoms with Gasteiger partial charge < -0.3 is 39.0 Å². The van der Waals surface area contributed by atoms with Gasteiger partial charge in [-0.2, -0.15) is 4.98 Å². The van der Waals surface area contributed by atoms with Gasteiger partial charge in [0.15, 0.2) is 11.4 Å². The van der Waals surface area contributed by atoms with Gasteiger partial charge in [0.05, 0.1) is 53.5 Å². The number of benzene rings is 3. The summed E-state index contributed by atoms with van der Waals surface area (Å²) in [6.07, 6.45) is 4.54. The van der Waals surface area contributed by atoms with Gasteiger partial charge in [0.25, 0.3) is 21.6 Å². The number of carbonyl (C=O) groups is 1. The summed E-state index contributed by atoms with van der Waals surface area (Å²) in [5.74, 6) is -0.586. The molecule has 0 bridgehead atoms. The number of halogens is 1. The van der Waals surface area contributed by atoms with Gasteiger partial charge in [0.2, 0.25) is 5.88 Å². The van der Waals surface area contributed by atoms with Crippen LogP contribution in [0.5, 0.6) is 11.6 Å². The number of hydrogen-bond acceptors (Lipinski definition) is 14. The molecule has 6 heterocycles. The molecule has 19 heteroatoms. The van der Waals surface area contributed by atoms with E-state index in [1.807, 2.05) is 41.3 Å². The number of ether oxygens (including phenoxy) is 4. The molecular weight excluding hydrogens is 888 g/mol. The Hall–Kier alpha value is -5.92. The van der Waals surface area contributed by atoms with E-state index in [4.69, 9.17) is 35.5 Å². The highest BCUT2D eigenvalue weighted by Gasteiger charge is 2.37. The SMILES string of the molecule is CC1(C)CCC(CN2CCN(c3ccc(C(=O)NS(=O)(=O)c4cc5c(c([N+](=O)[O-])c4)N[C@H]([C@H]4COCCO4)CO5)c(N4CCOc5nc6[nH]ccc6cc54)c3)CC2)=C(c2ccc(Cl)cc2)C1. The van der Waals surface area contributed by atoms with Crippen molar-refractivity contribution in [2.75, 3.05) is 87.4 Å². The number of nitrogens with zero attached hydrogens (tertiary/aromatic N) is 5. The Morgan fingerprint density at radius 3 is 2.56 bits per heavy atom. The molecule has 0 unspecified atom stereocenters. The molecule has 0 radical (unpaired) electrons. The highest BCUT2D eigenvalue weighted by molar-refractivity contribution is 7.90. The summed E-state index contributed by atoms with van der Waals surface area (Å²) in [6, 6.07) is 19.0. The van der Waals surface area contributed by atoms with Crippen LogP contribution < -0.4 is 29.3 Å². The Kier molecular flexibility index (Phi) is 11.8. The molecule has 0 saturated carbocycles. The second-order valence-corrected chi connectivity index (χ2v) is 20.3. The van der Waals surface area contributed by atoms with Gasteiger partial charge in [-0.05, 0) is 78.3 Å². The average Bonchev–Trinajstić information content (AvgIpc) is 3.78. The van der Waals surface area contributed by atoms with Crippen LogP contribution in [0.3, 0.4) is 0 Å².